The van der Waals surface area contributed by atoms with E-state index in [4.69, 9.17) is 4.74 Å². The molecule has 0 radical (unpaired) electrons. The molecule has 0 unspecified atom stereocenters. The Bertz CT molecular complexity index is 1030. The summed E-state index contributed by atoms with van der Waals surface area (Å²) in [5, 5.41) is 2.90. The smallest absolute Gasteiger partial charge is 0.262 e. The molecule has 0 saturated heterocycles. The fourth-order valence-electron chi connectivity index (χ4n) is 2.86. The molecule has 8 heteroatoms. The van der Waals surface area contributed by atoms with Gasteiger partial charge in [0.25, 0.3) is 10.0 Å². The van der Waals surface area contributed by atoms with Crippen molar-refractivity contribution >= 4 is 21.6 Å². The summed E-state index contributed by atoms with van der Waals surface area (Å²) < 4.78 is 32.8. The van der Waals surface area contributed by atoms with Crippen molar-refractivity contribution in [2.24, 2.45) is 0 Å². The summed E-state index contributed by atoms with van der Waals surface area (Å²) in [6.45, 7) is 0.811. The van der Waals surface area contributed by atoms with Crippen LogP contribution in [0.1, 0.15) is 27.1 Å². The summed E-state index contributed by atoms with van der Waals surface area (Å²) in [7, 11) is -2.47. The molecule has 146 valence electrons. The van der Waals surface area contributed by atoms with Gasteiger partial charge in [0.15, 0.2) is 0 Å². The summed E-state index contributed by atoms with van der Waals surface area (Å²) >= 11 is 0. The highest BCUT2D eigenvalue weighted by molar-refractivity contribution is 7.89. The summed E-state index contributed by atoms with van der Waals surface area (Å²) in [6, 6.07) is 14.0. The molecule has 0 fully saturated rings. The first-order valence-electron chi connectivity index (χ1n) is 8.69. The molecule has 0 aliphatic heterocycles. The Kier molecular flexibility index (Phi) is 5.91. The molecule has 0 saturated carbocycles. The van der Waals surface area contributed by atoms with Crippen LogP contribution in [0, 0.1) is 0 Å². The van der Waals surface area contributed by atoms with Gasteiger partial charge < -0.3 is 10.1 Å². The number of fused-ring (bicyclic) bond motifs is 1. The number of ketones is 2. The Hall–Kier alpha value is -2.97. The van der Waals surface area contributed by atoms with Crippen molar-refractivity contribution < 1.29 is 22.7 Å². The summed E-state index contributed by atoms with van der Waals surface area (Å²) in [5.41, 5.74) is 0.0781. The molecule has 0 spiro atoms. The quantitative estimate of drug-likeness (QED) is 0.656. The second kappa shape index (κ2) is 8.37. The molecule has 2 aromatic carbocycles. The first-order valence-corrected chi connectivity index (χ1v) is 10.2. The van der Waals surface area contributed by atoms with Crippen molar-refractivity contribution in [1.82, 2.24) is 10.0 Å². The van der Waals surface area contributed by atoms with Crippen molar-refractivity contribution in [3.63, 3.8) is 0 Å². The minimum absolute atomic E-state index is 0.000315. The van der Waals surface area contributed by atoms with Crippen LogP contribution in [-0.4, -0.2) is 40.2 Å². The third-order valence-electron chi connectivity index (χ3n) is 4.24. The van der Waals surface area contributed by atoms with E-state index in [-0.39, 0.29) is 27.4 Å². The zero-order valence-electron chi connectivity index (χ0n) is 15.3. The van der Waals surface area contributed by atoms with Gasteiger partial charge >= 0.3 is 0 Å². The Labute approximate surface area is 163 Å². The fourth-order valence-corrected chi connectivity index (χ4v) is 3.96. The number of benzene rings is 2. The predicted molar refractivity (Wildman–Crippen MR) is 103 cm³/mol. The molecule has 2 aromatic rings. The lowest BCUT2D eigenvalue weighted by atomic mass is 9.90. The SMILES string of the molecule is COCCCNC1=C(NS(=O)(=O)c2ccccc2)C(=O)c2ccccc2C1=O. The van der Waals surface area contributed by atoms with E-state index in [9.17, 15) is 18.0 Å². The number of hydrogen-bond donors (Lipinski definition) is 2. The standard InChI is InChI=1S/C20H20N2O5S/c1-27-13-7-12-21-17-18(22-28(25,26)14-8-3-2-4-9-14)20(24)16-11-6-5-10-15(16)19(17)23/h2-6,8-11,21-22H,7,12-13H2,1H3. The van der Waals surface area contributed by atoms with Gasteiger partial charge in [0, 0.05) is 31.4 Å². The van der Waals surface area contributed by atoms with Gasteiger partial charge in [-0.2, -0.15) is 0 Å². The van der Waals surface area contributed by atoms with Gasteiger partial charge in [0.05, 0.1) is 4.90 Å². The Morgan fingerprint density at radius 2 is 1.43 bits per heavy atom. The average Bonchev–Trinajstić information content (AvgIpc) is 2.71. The monoisotopic (exact) mass is 400 g/mol. The predicted octanol–water partition coefficient (Wildman–Crippen LogP) is 1.88. The highest BCUT2D eigenvalue weighted by Crippen LogP contribution is 2.25. The van der Waals surface area contributed by atoms with E-state index >= 15 is 0 Å². The lowest BCUT2D eigenvalue weighted by molar-refractivity contribution is 0.0965. The number of sulfonamides is 1. The largest absolute Gasteiger partial charge is 0.385 e. The van der Waals surface area contributed by atoms with Crippen LogP contribution in [0.3, 0.4) is 0 Å². The molecule has 0 heterocycles. The van der Waals surface area contributed by atoms with Gasteiger partial charge in [0.2, 0.25) is 11.6 Å². The zero-order valence-corrected chi connectivity index (χ0v) is 16.1. The van der Waals surface area contributed by atoms with Crippen LogP contribution < -0.4 is 10.0 Å². The maximum atomic E-state index is 13.0. The minimum Gasteiger partial charge on any atom is -0.385 e. The first kappa shape index (κ1) is 19.8. The number of carbonyl (C=O) groups excluding carboxylic acids is 2. The van der Waals surface area contributed by atoms with Gasteiger partial charge in [0.1, 0.15) is 11.4 Å². The molecule has 0 aromatic heterocycles. The minimum atomic E-state index is -4.03. The molecule has 1 aliphatic carbocycles. The molecule has 0 bridgehead atoms. The zero-order chi connectivity index (χ0) is 20.1. The van der Waals surface area contributed by atoms with Crippen molar-refractivity contribution in [2.45, 2.75) is 11.3 Å². The second-order valence-electron chi connectivity index (χ2n) is 6.15. The Morgan fingerprint density at radius 1 is 0.857 bits per heavy atom. The van der Waals surface area contributed by atoms with E-state index in [1.165, 1.54) is 18.2 Å². The maximum Gasteiger partial charge on any atom is 0.262 e. The van der Waals surface area contributed by atoms with Crippen LogP contribution in [0.5, 0.6) is 0 Å². The first-order chi connectivity index (χ1) is 13.5. The number of ether oxygens (including phenoxy) is 1. The average molecular weight is 400 g/mol. The number of nitrogens with one attached hydrogen (secondary N) is 2. The normalized spacial score (nSPS) is 14.0. The van der Waals surface area contributed by atoms with Crippen LogP contribution in [0.15, 0.2) is 70.9 Å². The fraction of sp³-hybridized carbons (Fsp3) is 0.200. The Morgan fingerprint density at radius 3 is 2.04 bits per heavy atom. The second-order valence-corrected chi connectivity index (χ2v) is 7.83. The number of hydrogen-bond acceptors (Lipinski definition) is 6. The molecule has 28 heavy (non-hydrogen) atoms. The number of carbonyl (C=O) groups is 2. The molecular formula is C20H20N2O5S. The third kappa shape index (κ3) is 3.97. The molecule has 2 N–H and O–H groups in total. The van der Waals surface area contributed by atoms with Gasteiger partial charge in [-0.25, -0.2) is 8.42 Å². The van der Waals surface area contributed by atoms with E-state index in [2.05, 4.69) is 10.0 Å². The summed E-state index contributed by atoms with van der Waals surface area (Å²) in [6.07, 6.45) is 0.585. The summed E-state index contributed by atoms with van der Waals surface area (Å²) in [4.78, 5) is 25.9. The molecule has 0 atom stereocenters. The number of Topliss-reactive ketones (excluding diaryl/α,β-unsaturated/α-hetero) is 2. The number of allylic oxidation sites excluding steroid dienone is 2. The lowest BCUT2D eigenvalue weighted by Gasteiger charge is -2.22. The highest BCUT2D eigenvalue weighted by atomic mass is 32.2. The molecule has 3 rings (SSSR count). The van der Waals surface area contributed by atoms with Gasteiger partial charge in [-0.1, -0.05) is 42.5 Å². The highest BCUT2D eigenvalue weighted by Gasteiger charge is 2.34. The maximum absolute atomic E-state index is 13.0. The van der Waals surface area contributed by atoms with E-state index < -0.39 is 21.6 Å². The Balaban J connectivity index is 2.01. The van der Waals surface area contributed by atoms with Crippen LogP contribution in [0.4, 0.5) is 0 Å². The van der Waals surface area contributed by atoms with Crippen molar-refractivity contribution in [1.29, 1.82) is 0 Å². The van der Waals surface area contributed by atoms with Crippen molar-refractivity contribution in [3.05, 3.63) is 77.1 Å². The van der Waals surface area contributed by atoms with Crippen LogP contribution >= 0.6 is 0 Å². The van der Waals surface area contributed by atoms with E-state index in [0.717, 1.165) is 0 Å². The van der Waals surface area contributed by atoms with Crippen molar-refractivity contribution in [2.75, 3.05) is 20.3 Å². The van der Waals surface area contributed by atoms with Crippen molar-refractivity contribution in [3.8, 4) is 0 Å². The van der Waals surface area contributed by atoms with Crippen LogP contribution in [-0.2, 0) is 14.8 Å². The van der Waals surface area contributed by atoms with Crippen LogP contribution in [0.25, 0.3) is 0 Å². The van der Waals surface area contributed by atoms with Crippen LogP contribution in [0.2, 0.25) is 0 Å². The molecular weight excluding hydrogens is 380 g/mol. The number of methoxy groups -OCH3 is 1. The van der Waals surface area contributed by atoms with Gasteiger partial charge in [-0.15, -0.1) is 0 Å². The summed E-state index contributed by atoms with van der Waals surface area (Å²) in [5.74, 6) is -0.984. The topological polar surface area (TPSA) is 102 Å². The third-order valence-corrected chi connectivity index (χ3v) is 5.60. The molecule has 7 nitrogen and oxygen atoms in total. The van der Waals surface area contributed by atoms with E-state index in [0.29, 0.717) is 19.6 Å². The van der Waals surface area contributed by atoms with Gasteiger partial charge in [-0.05, 0) is 18.6 Å². The molecule has 1 aliphatic rings. The van der Waals surface area contributed by atoms with E-state index in [1.807, 2.05) is 0 Å². The molecule has 0 amide bonds. The van der Waals surface area contributed by atoms with E-state index in [1.54, 1.807) is 43.5 Å². The lowest BCUT2D eigenvalue weighted by Crippen LogP contribution is -2.38. The van der Waals surface area contributed by atoms with Gasteiger partial charge in [-0.3, -0.25) is 14.3 Å². The number of rotatable bonds is 8.